The SMILES string of the molecule is Cc1cc(-c2cccc3c2nc(N2CCNCC2)n3Cc2ccc(F)c(Cl)c2)n(C)n1. The molecule has 0 atom stereocenters. The lowest BCUT2D eigenvalue weighted by Gasteiger charge is -2.29. The predicted molar refractivity (Wildman–Crippen MR) is 122 cm³/mol. The Labute approximate surface area is 185 Å². The van der Waals surface area contributed by atoms with Crippen LogP contribution in [0.25, 0.3) is 22.3 Å². The van der Waals surface area contributed by atoms with E-state index < -0.39 is 5.82 Å². The number of benzene rings is 2. The van der Waals surface area contributed by atoms with Gasteiger partial charge in [0.15, 0.2) is 0 Å². The molecule has 0 radical (unpaired) electrons. The third-order valence-corrected chi connectivity index (χ3v) is 6.05. The van der Waals surface area contributed by atoms with E-state index in [1.54, 1.807) is 12.1 Å². The second kappa shape index (κ2) is 7.98. The van der Waals surface area contributed by atoms with Crippen LogP contribution in [0.2, 0.25) is 5.02 Å². The van der Waals surface area contributed by atoms with Gasteiger partial charge in [0.1, 0.15) is 11.3 Å². The molecule has 31 heavy (non-hydrogen) atoms. The first kappa shape index (κ1) is 20.0. The molecule has 0 bridgehead atoms. The number of halogens is 2. The molecule has 4 aromatic rings. The maximum absolute atomic E-state index is 13.7. The number of fused-ring (bicyclic) bond motifs is 1. The minimum atomic E-state index is -0.405. The van der Waals surface area contributed by atoms with Crippen LogP contribution in [0.4, 0.5) is 10.3 Å². The molecule has 1 saturated heterocycles. The minimum absolute atomic E-state index is 0.136. The van der Waals surface area contributed by atoms with Crippen LogP contribution >= 0.6 is 11.6 Å². The van der Waals surface area contributed by atoms with Gasteiger partial charge in [0.25, 0.3) is 0 Å². The van der Waals surface area contributed by atoms with Crippen molar-refractivity contribution in [3.8, 4) is 11.3 Å². The van der Waals surface area contributed by atoms with Crippen molar-refractivity contribution in [2.75, 3.05) is 31.1 Å². The van der Waals surface area contributed by atoms with Gasteiger partial charge in [-0.05, 0) is 36.8 Å². The molecule has 1 N–H and O–H groups in total. The number of nitrogens with one attached hydrogen (secondary N) is 1. The highest BCUT2D eigenvalue weighted by Gasteiger charge is 2.22. The van der Waals surface area contributed by atoms with Crippen molar-refractivity contribution in [1.82, 2.24) is 24.6 Å². The van der Waals surface area contributed by atoms with Gasteiger partial charge in [-0.25, -0.2) is 9.37 Å². The van der Waals surface area contributed by atoms with Crippen molar-refractivity contribution in [1.29, 1.82) is 0 Å². The van der Waals surface area contributed by atoms with Gasteiger partial charge in [0.05, 0.1) is 28.5 Å². The first-order valence-corrected chi connectivity index (χ1v) is 10.8. The third kappa shape index (κ3) is 3.68. The van der Waals surface area contributed by atoms with E-state index >= 15 is 0 Å². The molecular weight excluding hydrogens is 415 g/mol. The normalized spacial score (nSPS) is 14.5. The van der Waals surface area contributed by atoms with E-state index in [2.05, 4.69) is 44.1 Å². The quantitative estimate of drug-likeness (QED) is 0.523. The maximum Gasteiger partial charge on any atom is 0.206 e. The maximum atomic E-state index is 13.7. The largest absolute Gasteiger partial charge is 0.340 e. The van der Waals surface area contributed by atoms with E-state index in [1.165, 1.54) is 6.07 Å². The second-order valence-corrected chi connectivity index (χ2v) is 8.36. The van der Waals surface area contributed by atoms with Crippen molar-refractivity contribution >= 4 is 28.6 Å². The fourth-order valence-corrected chi connectivity index (χ4v) is 4.49. The minimum Gasteiger partial charge on any atom is -0.340 e. The van der Waals surface area contributed by atoms with Crippen LogP contribution in [0, 0.1) is 12.7 Å². The van der Waals surface area contributed by atoms with Gasteiger partial charge in [0.2, 0.25) is 5.95 Å². The average molecular weight is 439 g/mol. The summed E-state index contributed by atoms with van der Waals surface area (Å²) in [5, 5.41) is 8.05. The van der Waals surface area contributed by atoms with Gasteiger partial charge in [0, 0.05) is 38.8 Å². The van der Waals surface area contributed by atoms with Gasteiger partial charge in [-0.2, -0.15) is 5.10 Å². The summed E-state index contributed by atoms with van der Waals surface area (Å²) in [5.74, 6) is 0.514. The van der Waals surface area contributed by atoms with E-state index in [4.69, 9.17) is 16.6 Å². The van der Waals surface area contributed by atoms with E-state index in [0.717, 1.165) is 65.7 Å². The number of anilines is 1. The molecule has 0 unspecified atom stereocenters. The van der Waals surface area contributed by atoms with Crippen LogP contribution in [0.5, 0.6) is 0 Å². The van der Waals surface area contributed by atoms with Crippen LogP contribution in [0.1, 0.15) is 11.3 Å². The number of imidazole rings is 1. The smallest absolute Gasteiger partial charge is 0.206 e. The number of aromatic nitrogens is 4. The summed E-state index contributed by atoms with van der Waals surface area (Å²) in [5.41, 5.74) is 5.95. The standard InChI is InChI=1S/C23H24ClFN6/c1-15-12-21(29(2)28-15)17-4-3-5-20-22(17)27-23(30-10-8-26-9-11-30)31(20)14-16-6-7-19(25)18(24)13-16/h3-7,12-13,26H,8-11,14H2,1-2H3. The average Bonchev–Trinajstić information content (AvgIpc) is 3.30. The molecule has 2 aromatic heterocycles. The summed E-state index contributed by atoms with van der Waals surface area (Å²) in [6.07, 6.45) is 0. The molecule has 160 valence electrons. The Morgan fingerprint density at radius 3 is 2.65 bits per heavy atom. The number of piperazine rings is 1. The Hall–Kier alpha value is -2.90. The summed E-state index contributed by atoms with van der Waals surface area (Å²) in [6.45, 7) is 6.15. The molecule has 5 rings (SSSR count). The third-order valence-electron chi connectivity index (χ3n) is 5.76. The lowest BCUT2D eigenvalue weighted by atomic mass is 10.1. The first-order chi connectivity index (χ1) is 15.0. The van der Waals surface area contributed by atoms with Crippen molar-refractivity contribution in [3.05, 3.63) is 64.6 Å². The molecule has 6 nitrogen and oxygen atoms in total. The zero-order valence-corrected chi connectivity index (χ0v) is 18.3. The Balaban J connectivity index is 1.68. The topological polar surface area (TPSA) is 50.9 Å². The molecule has 3 heterocycles. The fourth-order valence-electron chi connectivity index (χ4n) is 4.29. The summed E-state index contributed by atoms with van der Waals surface area (Å²) in [4.78, 5) is 7.42. The number of aryl methyl sites for hydroxylation is 2. The lowest BCUT2D eigenvalue weighted by Crippen LogP contribution is -2.44. The first-order valence-electron chi connectivity index (χ1n) is 10.4. The highest BCUT2D eigenvalue weighted by Crippen LogP contribution is 2.32. The van der Waals surface area contributed by atoms with Crippen LogP contribution in [-0.4, -0.2) is 45.5 Å². The molecule has 0 spiro atoms. The number of hydrogen-bond donors (Lipinski definition) is 1. The van der Waals surface area contributed by atoms with E-state index in [-0.39, 0.29) is 5.02 Å². The Morgan fingerprint density at radius 1 is 1.13 bits per heavy atom. The van der Waals surface area contributed by atoms with Crippen molar-refractivity contribution in [2.24, 2.45) is 7.05 Å². The van der Waals surface area contributed by atoms with Crippen molar-refractivity contribution in [3.63, 3.8) is 0 Å². The molecule has 1 fully saturated rings. The van der Waals surface area contributed by atoms with Gasteiger partial charge >= 0.3 is 0 Å². The van der Waals surface area contributed by atoms with E-state index in [1.807, 2.05) is 18.7 Å². The monoisotopic (exact) mass is 438 g/mol. The number of hydrogen-bond acceptors (Lipinski definition) is 4. The van der Waals surface area contributed by atoms with E-state index in [9.17, 15) is 4.39 Å². The van der Waals surface area contributed by atoms with Crippen LogP contribution in [0.15, 0.2) is 42.5 Å². The molecule has 2 aromatic carbocycles. The molecule has 0 aliphatic carbocycles. The lowest BCUT2D eigenvalue weighted by molar-refractivity contribution is 0.571. The molecule has 0 amide bonds. The van der Waals surface area contributed by atoms with Gasteiger partial charge in [-0.3, -0.25) is 4.68 Å². The Morgan fingerprint density at radius 2 is 1.94 bits per heavy atom. The highest BCUT2D eigenvalue weighted by atomic mass is 35.5. The van der Waals surface area contributed by atoms with Crippen LogP contribution in [0.3, 0.4) is 0 Å². The summed E-state index contributed by atoms with van der Waals surface area (Å²) < 4.78 is 17.8. The number of rotatable bonds is 4. The molecule has 1 aliphatic heterocycles. The molecular formula is C23H24ClFN6. The van der Waals surface area contributed by atoms with Gasteiger partial charge in [-0.15, -0.1) is 0 Å². The summed E-state index contributed by atoms with van der Waals surface area (Å²) in [6, 6.07) is 13.2. The second-order valence-electron chi connectivity index (χ2n) is 7.95. The van der Waals surface area contributed by atoms with Crippen molar-refractivity contribution in [2.45, 2.75) is 13.5 Å². The Bertz CT molecular complexity index is 1250. The zero-order valence-electron chi connectivity index (χ0n) is 17.6. The summed E-state index contributed by atoms with van der Waals surface area (Å²) in [7, 11) is 1.95. The van der Waals surface area contributed by atoms with Crippen LogP contribution < -0.4 is 10.2 Å². The fraction of sp³-hybridized carbons (Fsp3) is 0.304. The molecule has 1 aliphatic rings. The van der Waals surface area contributed by atoms with Crippen molar-refractivity contribution < 1.29 is 4.39 Å². The number of nitrogens with zero attached hydrogens (tertiary/aromatic N) is 5. The highest BCUT2D eigenvalue weighted by molar-refractivity contribution is 6.30. The van der Waals surface area contributed by atoms with E-state index in [0.29, 0.717) is 6.54 Å². The van der Waals surface area contributed by atoms with Gasteiger partial charge < -0.3 is 14.8 Å². The molecule has 8 heteroatoms. The van der Waals surface area contributed by atoms with Gasteiger partial charge in [-0.1, -0.05) is 29.8 Å². The zero-order chi connectivity index (χ0) is 21.5. The Kier molecular flexibility index (Phi) is 5.16. The predicted octanol–water partition coefficient (Wildman–Crippen LogP) is 4.00. The molecule has 0 saturated carbocycles. The summed E-state index contributed by atoms with van der Waals surface area (Å²) >= 11 is 6.06. The number of para-hydroxylation sites is 1. The van der Waals surface area contributed by atoms with Crippen LogP contribution in [-0.2, 0) is 13.6 Å².